The van der Waals surface area contributed by atoms with Gasteiger partial charge >= 0.3 is 6.03 Å². The normalized spacial score (nSPS) is 19.4. The fourth-order valence-corrected chi connectivity index (χ4v) is 3.98. The second kappa shape index (κ2) is 10.5. The van der Waals surface area contributed by atoms with Gasteiger partial charge in [0.15, 0.2) is 0 Å². The molecule has 0 saturated carbocycles. The Labute approximate surface area is 168 Å². The summed E-state index contributed by atoms with van der Waals surface area (Å²) in [6.45, 7) is 7.89. The molecule has 154 valence electrons. The van der Waals surface area contributed by atoms with E-state index < -0.39 is 0 Å². The minimum absolute atomic E-state index is 0.0279. The summed E-state index contributed by atoms with van der Waals surface area (Å²) in [6.07, 6.45) is 5.20. The largest absolute Gasteiger partial charge is 0.349 e. The number of nitrogens with zero attached hydrogens (tertiary/aromatic N) is 2. The van der Waals surface area contributed by atoms with E-state index in [1.807, 2.05) is 35.2 Å². The fourth-order valence-electron chi connectivity index (χ4n) is 3.98. The van der Waals surface area contributed by atoms with Crippen molar-refractivity contribution in [3.8, 4) is 0 Å². The van der Waals surface area contributed by atoms with E-state index in [4.69, 9.17) is 0 Å². The molecule has 2 saturated heterocycles. The summed E-state index contributed by atoms with van der Waals surface area (Å²) < 4.78 is 0. The lowest BCUT2D eigenvalue weighted by Gasteiger charge is -2.32. The van der Waals surface area contributed by atoms with Gasteiger partial charge in [-0.25, -0.2) is 4.79 Å². The van der Waals surface area contributed by atoms with Crippen LogP contribution in [0.25, 0.3) is 0 Å². The van der Waals surface area contributed by atoms with E-state index in [-0.39, 0.29) is 18.0 Å². The zero-order valence-corrected chi connectivity index (χ0v) is 17.0. The Hall–Kier alpha value is -2.08. The molecule has 2 heterocycles. The highest BCUT2D eigenvalue weighted by Crippen LogP contribution is 2.16. The molecule has 0 spiro atoms. The molecule has 2 N–H and O–H groups in total. The molecule has 3 amide bonds. The van der Waals surface area contributed by atoms with Gasteiger partial charge in [-0.3, -0.25) is 4.79 Å². The quantitative estimate of drug-likeness (QED) is 0.739. The molecule has 6 heteroatoms. The topological polar surface area (TPSA) is 64.7 Å². The smallest absolute Gasteiger partial charge is 0.317 e. The minimum Gasteiger partial charge on any atom is -0.349 e. The monoisotopic (exact) mass is 386 g/mol. The maximum Gasteiger partial charge on any atom is 0.317 e. The SMILES string of the molecule is CC1CCN(CCCNC(=O)N2CCC(NC(=O)c3ccccc3)CC2)CC1. The van der Waals surface area contributed by atoms with Gasteiger partial charge in [0, 0.05) is 31.2 Å². The summed E-state index contributed by atoms with van der Waals surface area (Å²) in [7, 11) is 0. The third-order valence-corrected chi connectivity index (χ3v) is 5.96. The van der Waals surface area contributed by atoms with Crippen molar-refractivity contribution < 1.29 is 9.59 Å². The van der Waals surface area contributed by atoms with Crippen LogP contribution in [0.4, 0.5) is 4.79 Å². The lowest BCUT2D eigenvalue weighted by atomic mass is 9.99. The van der Waals surface area contributed by atoms with Crippen molar-refractivity contribution in [2.75, 3.05) is 39.3 Å². The number of benzene rings is 1. The molecule has 0 aromatic heterocycles. The molecule has 0 bridgehead atoms. The fraction of sp³-hybridized carbons (Fsp3) is 0.636. The van der Waals surface area contributed by atoms with Crippen molar-refractivity contribution >= 4 is 11.9 Å². The molecule has 1 aromatic rings. The standard InChI is InChI=1S/C22H34N4O2/c1-18-8-14-25(15-9-18)13-5-12-23-22(28)26-16-10-20(11-17-26)24-21(27)19-6-3-2-4-7-19/h2-4,6-7,18,20H,5,8-17H2,1H3,(H,23,28)(H,24,27). The maximum absolute atomic E-state index is 12.4. The Morgan fingerprint density at radius 1 is 1.00 bits per heavy atom. The van der Waals surface area contributed by atoms with E-state index in [0.29, 0.717) is 18.7 Å². The Morgan fingerprint density at radius 3 is 2.36 bits per heavy atom. The Kier molecular flexibility index (Phi) is 7.71. The Bertz CT molecular complexity index is 621. The first-order valence-electron chi connectivity index (χ1n) is 10.7. The number of piperidine rings is 2. The molecule has 2 aliphatic rings. The van der Waals surface area contributed by atoms with Crippen LogP contribution in [0.5, 0.6) is 0 Å². The van der Waals surface area contributed by atoms with Gasteiger partial charge in [0.05, 0.1) is 0 Å². The summed E-state index contributed by atoms with van der Waals surface area (Å²) in [5.41, 5.74) is 0.686. The molecular formula is C22H34N4O2. The number of hydrogen-bond donors (Lipinski definition) is 2. The summed E-state index contributed by atoms with van der Waals surface area (Å²) in [5.74, 6) is 0.826. The molecule has 6 nitrogen and oxygen atoms in total. The van der Waals surface area contributed by atoms with E-state index in [9.17, 15) is 9.59 Å². The van der Waals surface area contributed by atoms with Gasteiger partial charge in [-0.05, 0) is 69.8 Å². The molecule has 0 unspecified atom stereocenters. The van der Waals surface area contributed by atoms with Crippen molar-refractivity contribution in [3.05, 3.63) is 35.9 Å². The predicted molar refractivity (Wildman–Crippen MR) is 111 cm³/mol. The molecule has 28 heavy (non-hydrogen) atoms. The van der Waals surface area contributed by atoms with Crippen LogP contribution in [-0.4, -0.2) is 67.0 Å². The average Bonchev–Trinajstić information content (AvgIpc) is 2.73. The number of amides is 3. The van der Waals surface area contributed by atoms with Gasteiger partial charge in [-0.1, -0.05) is 25.1 Å². The van der Waals surface area contributed by atoms with Crippen LogP contribution in [0.2, 0.25) is 0 Å². The summed E-state index contributed by atoms with van der Waals surface area (Å²) in [4.78, 5) is 29.0. The second-order valence-electron chi connectivity index (χ2n) is 8.21. The number of carbonyl (C=O) groups is 2. The molecule has 0 atom stereocenters. The first-order chi connectivity index (χ1) is 13.6. The molecular weight excluding hydrogens is 352 g/mol. The van der Waals surface area contributed by atoms with E-state index in [2.05, 4.69) is 22.5 Å². The number of hydrogen-bond acceptors (Lipinski definition) is 3. The maximum atomic E-state index is 12.4. The van der Waals surface area contributed by atoms with E-state index >= 15 is 0 Å². The van der Waals surface area contributed by atoms with Gasteiger partial charge in [0.25, 0.3) is 5.91 Å². The molecule has 3 rings (SSSR count). The zero-order valence-electron chi connectivity index (χ0n) is 17.0. The molecule has 2 fully saturated rings. The predicted octanol–water partition coefficient (Wildman–Crippen LogP) is 2.71. The molecule has 1 aromatic carbocycles. The molecule has 0 radical (unpaired) electrons. The van der Waals surface area contributed by atoms with Crippen molar-refractivity contribution in [1.82, 2.24) is 20.4 Å². The average molecular weight is 387 g/mol. The van der Waals surface area contributed by atoms with Gasteiger partial charge < -0.3 is 20.4 Å². The third-order valence-electron chi connectivity index (χ3n) is 5.96. The van der Waals surface area contributed by atoms with Gasteiger partial charge in [-0.2, -0.15) is 0 Å². The zero-order chi connectivity index (χ0) is 19.8. The highest BCUT2D eigenvalue weighted by Gasteiger charge is 2.24. The first kappa shape index (κ1) is 20.6. The van der Waals surface area contributed by atoms with Crippen LogP contribution in [0.3, 0.4) is 0 Å². The Morgan fingerprint density at radius 2 is 1.68 bits per heavy atom. The van der Waals surface area contributed by atoms with E-state index in [0.717, 1.165) is 38.3 Å². The second-order valence-corrected chi connectivity index (χ2v) is 8.21. The molecule has 0 aliphatic carbocycles. The molecule has 2 aliphatic heterocycles. The van der Waals surface area contributed by atoms with Gasteiger partial charge in [-0.15, -0.1) is 0 Å². The van der Waals surface area contributed by atoms with Gasteiger partial charge in [0.2, 0.25) is 0 Å². The van der Waals surface area contributed by atoms with Gasteiger partial charge in [0.1, 0.15) is 0 Å². The number of nitrogens with one attached hydrogen (secondary N) is 2. The third kappa shape index (κ3) is 6.23. The number of carbonyl (C=O) groups excluding carboxylic acids is 2. The lowest BCUT2D eigenvalue weighted by Crippen LogP contribution is -2.49. The van der Waals surface area contributed by atoms with Crippen molar-refractivity contribution in [2.45, 2.75) is 45.1 Å². The van der Waals surface area contributed by atoms with Crippen LogP contribution in [0.1, 0.15) is 49.4 Å². The highest BCUT2D eigenvalue weighted by molar-refractivity contribution is 5.94. The Balaban J connectivity index is 1.29. The number of urea groups is 1. The summed E-state index contributed by atoms with van der Waals surface area (Å²) in [6, 6.07) is 9.45. The van der Waals surface area contributed by atoms with Crippen LogP contribution in [-0.2, 0) is 0 Å². The van der Waals surface area contributed by atoms with E-state index in [1.165, 1.54) is 25.9 Å². The van der Waals surface area contributed by atoms with Crippen molar-refractivity contribution in [2.24, 2.45) is 5.92 Å². The van der Waals surface area contributed by atoms with Crippen LogP contribution in [0, 0.1) is 5.92 Å². The van der Waals surface area contributed by atoms with Crippen LogP contribution in [0.15, 0.2) is 30.3 Å². The lowest BCUT2D eigenvalue weighted by molar-refractivity contribution is 0.0918. The summed E-state index contributed by atoms with van der Waals surface area (Å²) >= 11 is 0. The van der Waals surface area contributed by atoms with E-state index in [1.54, 1.807) is 0 Å². The number of rotatable bonds is 6. The van der Waals surface area contributed by atoms with Crippen molar-refractivity contribution in [1.29, 1.82) is 0 Å². The number of likely N-dealkylation sites (tertiary alicyclic amines) is 2. The summed E-state index contributed by atoms with van der Waals surface area (Å²) in [5, 5.41) is 6.14. The first-order valence-corrected chi connectivity index (χ1v) is 10.7. The van der Waals surface area contributed by atoms with Crippen LogP contribution < -0.4 is 10.6 Å². The van der Waals surface area contributed by atoms with Crippen molar-refractivity contribution in [3.63, 3.8) is 0 Å². The van der Waals surface area contributed by atoms with Crippen LogP contribution >= 0.6 is 0 Å². The highest BCUT2D eigenvalue weighted by atomic mass is 16.2. The minimum atomic E-state index is -0.0318.